The maximum absolute atomic E-state index is 12.0. The molecule has 1 rings (SSSR count). The fourth-order valence-electron chi connectivity index (χ4n) is 2.18. The number of nitrogens with zero attached hydrogens (tertiary/aromatic N) is 1. The SMILES string of the molecule is CCCCNCC1CCCN1C(=O)OC(C)(C)C. The average Bonchev–Trinajstić information content (AvgIpc) is 2.70. The number of hydrogen-bond acceptors (Lipinski definition) is 3. The first-order chi connectivity index (χ1) is 8.44. The van der Waals surface area contributed by atoms with Crippen molar-refractivity contribution in [2.24, 2.45) is 0 Å². The van der Waals surface area contributed by atoms with E-state index in [-0.39, 0.29) is 6.09 Å². The second-order valence-corrected chi connectivity index (χ2v) is 6.03. The van der Waals surface area contributed by atoms with Gasteiger partial charge in [0, 0.05) is 19.1 Å². The number of carbonyl (C=O) groups is 1. The van der Waals surface area contributed by atoms with E-state index < -0.39 is 5.60 Å². The number of unbranched alkanes of at least 4 members (excludes halogenated alkanes) is 1. The Morgan fingerprint density at radius 2 is 2.17 bits per heavy atom. The summed E-state index contributed by atoms with van der Waals surface area (Å²) in [5.41, 5.74) is -0.403. The van der Waals surface area contributed by atoms with Gasteiger partial charge >= 0.3 is 6.09 Å². The molecule has 0 aromatic heterocycles. The Balaban J connectivity index is 2.36. The highest BCUT2D eigenvalue weighted by Crippen LogP contribution is 2.20. The average molecular weight is 256 g/mol. The van der Waals surface area contributed by atoms with E-state index in [2.05, 4.69) is 12.2 Å². The Morgan fingerprint density at radius 1 is 1.44 bits per heavy atom. The van der Waals surface area contributed by atoms with Crippen LogP contribution < -0.4 is 5.32 Å². The highest BCUT2D eigenvalue weighted by molar-refractivity contribution is 5.69. The Labute approximate surface area is 111 Å². The second kappa shape index (κ2) is 6.98. The second-order valence-electron chi connectivity index (χ2n) is 6.03. The van der Waals surface area contributed by atoms with Crippen molar-refractivity contribution in [2.45, 2.75) is 65.0 Å². The molecule has 0 aromatic carbocycles. The van der Waals surface area contributed by atoms with E-state index in [0.29, 0.717) is 6.04 Å². The third-order valence-corrected chi connectivity index (χ3v) is 3.09. The molecule has 0 radical (unpaired) electrons. The van der Waals surface area contributed by atoms with E-state index >= 15 is 0 Å². The van der Waals surface area contributed by atoms with Gasteiger partial charge in [0.1, 0.15) is 5.60 Å². The largest absolute Gasteiger partial charge is 0.444 e. The van der Waals surface area contributed by atoms with Gasteiger partial charge < -0.3 is 15.0 Å². The summed E-state index contributed by atoms with van der Waals surface area (Å²) in [6.45, 7) is 10.7. The zero-order valence-corrected chi connectivity index (χ0v) is 12.3. The first-order valence-corrected chi connectivity index (χ1v) is 7.14. The minimum absolute atomic E-state index is 0.165. The molecule has 1 unspecified atom stereocenters. The summed E-state index contributed by atoms with van der Waals surface area (Å²) >= 11 is 0. The molecule has 1 N–H and O–H groups in total. The van der Waals surface area contributed by atoms with E-state index in [1.165, 1.54) is 12.8 Å². The maximum atomic E-state index is 12.0. The van der Waals surface area contributed by atoms with Crippen molar-refractivity contribution in [1.29, 1.82) is 0 Å². The molecule has 106 valence electrons. The molecule has 0 aromatic rings. The third-order valence-electron chi connectivity index (χ3n) is 3.09. The first kappa shape index (κ1) is 15.3. The number of hydrogen-bond donors (Lipinski definition) is 1. The van der Waals surface area contributed by atoms with Crippen LogP contribution in [0.25, 0.3) is 0 Å². The van der Waals surface area contributed by atoms with Crippen molar-refractivity contribution in [2.75, 3.05) is 19.6 Å². The number of ether oxygens (including phenoxy) is 1. The Morgan fingerprint density at radius 3 is 2.78 bits per heavy atom. The molecule has 1 aliphatic heterocycles. The molecule has 4 heteroatoms. The van der Waals surface area contributed by atoms with Gasteiger partial charge in [-0.2, -0.15) is 0 Å². The van der Waals surface area contributed by atoms with Gasteiger partial charge in [0.15, 0.2) is 0 Å². The lowest BCUT2D eigenvalue weighted by Gasteiger charge is -2.28. The summed E-state index contributed by atoms with van der Waals surface area (Å²) in [5.74, 6) is 0. The van der Waals surface area contributed by atoms with Gasteiger partial charge in [0.05, 0.1) is 0 Å². The van der Waals surface area contributed by atoms with Crippen LogP contribution >= 0.6 is 0 Å². The van der Waals surface area contributed by atoms with Gasteiger partial charge in [0.25, 0.3) is 0 Å². The van der Waals surface area contributed by atoms with Crippen molar-refractivity contribution in [3.63, 3.8) is 0 Å². The van der Waals surface area contributed by atoms with E-state index in [1.54, 1.807) is 0 Å². The molecule has 1 amide bonds. The molecule has 1 heterocycles. The molecular weight excluding hydrogens is 228 g/mol. The minimum Gasteiger partial charge on any atom is -0.444 e. The predicted molar refractivity (Wildman–Crippen MR) is 73.7 cm³/mol. The zero-order valence-electron chi connectivity index (χ0n) is 12.3. The Kier molecular flexibility index (Phi) is 5.93. The van der Waals surface area contributed by atoms with Gasteiger partial charge in [0.2, 0.25) is 0 Å². The lowest BCUT2D eigenvalue weighted by molar-refractivity contribution is 0.0226. The summed E-state index contributed by atoms with van der Waals surface area (Å²) in [6.07, 6.45) is 4.40. The number of amides is 1. The number of nitrogens with one attached hydrogen (secondary N) is 1. The highest BCUT2D eigenvalue weighted by atomic mass is 16.6. The van der Waals surface area contributed by atoms with Crippen LogP contribution in [-0.4, -0.2) is 42.3 Å². The quantitative estimate of drug-likeness (QED) is 0.769. The first-order valence-electron chi connectivity index (χ1n) is 7.14. The minimum atomic E-state index is -0.403. The lowest BCUT2D eigenvalue weighted by atomic mass is 10.2. The van der Waals surface area contributed by atoms with E-state index in [1.807, 2.05) is 25.7 Å². The van der Waals surface area contributed by atoms with Crippen molar-refractivity contribution < 1.29 is 9.53 Å². The molecular formula is C14H28N2O2. The fourth-order valence-corrected chi connectivity index (χ4v) is 2.18. The lowest BCUT2D eigenvalue weighted by Crippen LogP contribution is -2.44. The monoisotopic (exact) mass is 256 g/mol. The number of rotatable bonds is 5. The fraction of sp³-hybridized carbons (Fsp3) is 0.929. The molecule has 1 atom stereocenters. The van der Waals surface area contributed by atoms with Gasteiger partial charge in [-0.1, -0.05) is 13.3 Å². The highest BCUT2D eigenvalue weighted by Gasteiger charge is 2.31. The van der Waals surface area contributed by atoms with Crippen LogP contribution in [0, 0.1) is 0 Å². The van der Waals surface area contributed by atoms with Crippen LogP contribution in [0.3, 0.4) is 0 Å². The zero-order chi connectivity index (χ0) is 13.6. The number of likely N-dealkylation sites (tertiary alicyclic amines) is 1. The normalized spacial score (nSPS) is 20.2. The molecule has 18 heavy (non-hydrogen) atoms. The van der Waals surface area contributed by atoms with Crippen LogP contribution in [-0.2, 0) is 4.74 Å². The van der Waals surface area contributed by atoms with E-state index in [4.69, 9.17) is 4.74 Å². The molecule has 0 aliphatic carbocycles. The summed E-state index contributed by atoms with van der Waals surface area (Å²) in [4.78, 5) is 13.9. The van der Waals surface area contributed by atoms with Crippen LogP contribution in [0.5, 0.6) is 0 Å². The van der Waals surface area contributed by atoms with Crippen LogP contribution in [0.2, 0.25) is 0 Å². The van der Waals surface area contributed by atoms with Gasteiger partial charge in [-0.15, -0.1) is 0 Å². The molecule has 0 bridgehead atoms. The van der Waals surface area contributed by atoms with Crippen LogP contribution in [0.4, 0.5) is 4.79 Å². The molecule has 1 saturated heterocycles. The molecule has 0 spiro atoms. The summed E-state index contributed by atoms with van der Waals surface area (Å²) in [7, 11) is 0. The summed E-state index contributed by atoms with van der Waals surface area (Å²) in [5, 5.41) is 3.43. The number of carbonyl (C=O) groups excluding carboxylic acids is 1. The van der Waals surface area contributed by atoms with Gasteiger partial charge in [-0.05, 0) is 46.6 Å². The molecule has 1 fully saturated rings. The summed E-state index contributed by atoms with van der Waals surface area (Å²) < 4.78 is 5.44. The summed E-state index contributed by atoms with van der Waals surface area (Å²) in [6, 6.07) is 0.303. The van der Waals surface area contributed by atoms with Gasteiger partial charge in [-0.25, -0.2) is 4.79 Å². The third kappa shape index (κ3) is 5.25. The smallest absolute Gasteiger partial charge is 0.410 e. The Hall–Kier alpha value is -0.770. The van der Waals surface area contributed by atoms with Crippen molar-refractivity contribution in [3.8, 4) is 0 Å². The molecule has 1 aliphatic rings. The maximum Gasteiger partial charge on any atom is 0.410 e. The van der Waals surface area contributed by atoms with Crippen molar-refractivity contribution in [3.05, 3.63) is 0 Å². The van der Waals surface area contributed by atoms with E-state index in [0.717, 1.165) is 32.5 Å². The Bertz CT molecular complexity index is 261. The molecule has 0 saturated carbocycles. The van der Waals surface area contributed by atoms with Crippen molar-refractivity contribution >= 4 is 6.09 Å². The van der Waals surface area contributed by atoms with E-state index in [9.17, 15) is 4.79 Å². The standard InChI is InChI=1S/C14H28N2O2/c1-5-6-9-15-11-12-8-7-10-16(12)13(17)18-14(2,3)4/h12,15H,5-11H2,1-4H3. The van der Waals surface area contributed by atoms with Crippen molar-refractivity contribution in [1.82, 2.24) is 10.2 Å². The van der Waals surface area contributed by atoms with Gasteiger partial charge in [-0.3, -0.25) is 0 Å². The topological polar surface area (TPSA) is 41.6 Å². The predicted octanol–water partition coefficient (Wildman–Crippen LogP) is 2.78. The van der Waals surface area contributed by atoms with Crippen LogP contribution in [0.1, 0.15) is 53.4 Å². The van der Waals surface area contributed by atoms with Crippen LogP contribution in [0.15, 0.2) is 0 Å². The molecule has 4 nitrogen and oxygen atoms in total.